The van der Waals surface area contributed by atoms with Crippen LogP contribution in [0, 0.1) is 0 Å². The van der Waals surface area contributed by atoms with Crippen LogP contribution in [0.2, 0.25) is 0 Å². The molecule has 3 atom stereocenters. The summed E-state index contributed by atoms with van der Waals surface area (Å²) in [6, 6.07) is 17.5. The van der Waals surface area contributed by atoms with Crippen molar-refractivity contribution in [3.05, 3.63) is 71.8 Å². The zero-order valence-electron chi connectivity index (χ0n) is 16.5. The summed E-state index contributed by atoms with van der Waals surface area (Å²) < 4.78 is 56.0. The maximum absolute atomic E-state index is 13.3. The molecule has 164 valence electrons. The van der Waals surface area contributed by atoms with Crippen LogP contribution in [0.3, 0.4) is 0 Å². The lowest BCUT2D eigenvalue weighted by Crippen LogP contribution is -2.49. The molecule has 0 heterocycles. The molecule has 2 aromatic carbocycles. The Morgan fingerprint density at radius 2 is 1.43 bits per heavy atom. The average Bonchev–Trinajstić information content (AvgIpc) is 2.72. The lowest BCUT2D eigenvalue weighted by molar-refractivity contribution is -0.257. The van der Waals surface area contributed by atoms with Crippen LogP contribution in [-0.4, -0.2) is 42.2 Å². The maximum atomic E-state index is 13.3. The number of aliphatic hydroxyl groups is 1. The quantitative estimate of drug-likeness (QED) is 0.550. The van der Waals surface area contributed by atoms with Crippen molar-refractivity contribution in [2.24, 2.45) is 0 Å². The standard InChI is InChI=1S/C22H25F3O5/c1-16(26)28-13-12-19(29-14-17-8-4-2-5-9-17)20(21(27)22(23,24)25)30-15-18-10-6-3-7-11-18/h2-11,19-21,27H,12-15H2,1H3/t19-,20-,21+/m0/s1. The second kappa shape index (κ2) is 11.7. The van der Waals surface area contributed by atoms with Crippen LogP contribution in [0.5, 0.6) is 0 Å². The zero-order chi connectivity index (χ0) is 22.0. The molecule has 1 N–H and O–H groups in total. The Labute approximate surface area is 173 Å². The summed E-state index contributed by atoms with van der Waals surface area (Å²) in [6.45, 7) is 0.914. The first-order valence-electron chi connectivity index (χ1n) is 9.46. The van der Waals surface area contributed by atoms with E-state index in [1.807, 2.05) is 0 Å². The molecular weight excluding hydrogens is 401 g/mol. The van der Waals surface area contributed by atoms with Gasteiger partial charge >= 0.3 is 12.1 Å². The fourth-order valence-electron chi connectivity index (χ4n) is 2.79. The first kappa shape index (κ1) is 23.9. The van der Waals surface area contributed by atoms with Crippen LogP contribution in [0.15, 0.2) is 60.7 Å². The van der Waals surface area contributed by atoms with Gasteiger partial charge in [-0.25, -0.2) is 0 Å². The molecule has 0 spiro atoms. The second-order valence-corrected chi connectivity index (χ2v) is 6.71. The van der Waals surface area contributed by atoms with Crippen molar-refractivity contribution in [2.75, 3.05) is 6.61 Å². The number of esters is 1. The van der Waals surface area contributed by atoms with Crippen LogP contribution in [0.25, 0.3) is 0 Å². The molecule has 5 nitrogen and oxygen atoms in total. The molecule has 0 amide bonds. The van der Waals surface area contributed by atoms with Crippen molar-refractivity contribution < 1.29 is 37.3 Å². The van der Waals surface area contributed by atoms with Crippen LogP contribution < -0.4 is 0 Å². The SMILES string of the molecule is CC(=O)OCC[C@H](OCc1ccccc1)[C@H](OCc1ccccc1)[C@@H](O)C(F)(F)F. The van der Waals surface area contributed by atoms with Gasteiger partial charge in [0.25, 0.3) is 0 Å². The summed E-state index contributed by atoms with van der Waals surface area (Å²) in [6.07, 6.45) is -10.6. The first-order valence-corrected chi connectivity index (χ1v) is 9.46. The summed E-state index contributed by atoms with van der Waals surface area (Å²) in [5.41, 5.74) is 1.40. The molecule has 0 aliphatic carbocycles. The Bertz CT molecular complexity index is 752. The number of alkyl halides is 3. The monoisotopic (exact) mass is 426 g/mol. The Morgan fingerprint density at radius 1 is 0.933 bits per heavy atom. The van der Waals surface area contributed by atoms with E-state index >= 15 is 0 Å². The minimum Gasteiger partial charge on any atom is -0.466 e. The molecule has 0 radical (unpaired) electrons. The van der Waals surface area contributed by atoms with E-state index in [0.717, 1.165) is 5.56 Å². The van der Waals surface area contributed by atoms with Gasteiger partial charge in [0.2, 0.25) is 0 Å². The van der Waals surface area contributed by atoms with E-state index in [-0.39, 0.29) is 26.2 Å². The third-order valence-electron chi connectivity index (χ3n) is 4.31. The number of carbonyl (C=O) groups is 1. The molecule has 0 aromatic heterocycles. The predicted molar refractivity (Wildman–Crippen MR) is 103 cm³/mol. The minimum atomic E-state index is -4.91. The Morgan fingerprint density at radius 3 is 1.90 bits per heavy atom. The summed E-state index contributed by atoms with van der Waals surface area (Å²) in [4.78, 5) is 11.1. The Hall–Kier alpha value is -2.42. The van der Waals surface area contributed by atoms with Gasteiger partial charge in [-0.15, -0.1) is 0 Å². The minimum absolute atomic E-state index is 0.0152. The van der Waals surface area contributed by atoms with E-state index in [1.165, 1.54) is 6.92 Å². The number of benzene rings is 2. The van der Waals surface area contributed by atoms with E-state index < -0.39 is 30.5 Å². The Kier molecular flexibility index (Phi) is 9.29. The van der Waals surface area contributed by atoms with Crippen LogP contribution >= 0.6 is 0 Å². The molecule has 0 aliphatic heterocycles. The molecule has 0 fully saturated rings. The summed E-state index contributed by atoms with van der Waals surface area (Å²) in [5, 5.41) is 9.96. The van der Waals surface area contributed by atoms with Crippen LogP contribution in [0.4, 0.5) is 13.2 Å². The maximum Gasteiger partial charge on any atom is 0.417 e. The van der Waals surface area contributed by atoms with Crippen molar-refractivity contribution in [3.63, 3.8) is 0 Å². The van der Waals surface area contributed by atoms with Gasteiger partial charge in [-0.2, -0.15) is 13.2 Å². The van der Waals surface area contributed by atoms with E-state index in [9.17, 15) is 23.1 Å². The smallest absolute Gasteiger partial charge is 0.417 e. The molecular formula is C22H25F3O5. The van der Waals surface area contributed by atoms with Crippen molar-refractivity contribution in [1.82, 2.24) is 0 Å². The molecule has 0 bridgehead atoms. The predicted octanol–water partition coefficient (Wildman–Crippen LogP) is 4.03. The molecule has 0 aliphatic rings. The highest BCUT2D eigenvalue weighted by Crippen LogP contribution is 2.28. The van der Waals surface area contributed by atoms with Crippen molar-refractivity contribution >= 4 is 5.97 Å². The van der Waals surface area contributed by atoms with Gasteiger partial charge in [-0.3, -0.25) is 4.79 Å². The number of ether oxygens (including phenoxy) is 3. The van der Waals surface area contributed by atoms with Gasteiger partial charge in [0.15, 0.2) is 6.10 Å². The highest BCUT2D eigenvalue weighted by atomic mass is 19.4. The van der Waals surface area contributed by atoms with Crippen molar-refractivity contribution in [3.8, 4) is 0 Å². The van der Waals surface area contributed by atoms with Gasteiger partial charge in [-0.05, 0) is 11.1 Å². The van der Waals surface area contributed by atoms with Gasteiger partial charge in [-0.1, -0.05) is 60.7 Å². The molecule has 0 saturated carbocycles. The van der Waals surface area contributed by atoms with Gasteiger partial charge in [0.05, 0.1) is 25.9 Å². The number of halogens is 3. The summed E-state index contributed by atoms with van der Waals surface area (Å²) in [5.74, 6) is -0.560. The number of carbonyl (C=O) groups excluding carboxylic acids is 1. The summed E-state index contributed by atoms with van der Waals surface area (Å²) in [7, 11) is 0. The fourth-order valence-corrected chi connectivity index (χ4v) is 2.79. The second-order valence-electron chi connectivity index (χ2n) is 6.71. The highest BCUT2D eigenvalue weighted by Gasteiger charge is 2.47. The van der Waals surface area contributed by atoms with E-state index in [1.54, 1.807) is 60.7 Å². The number of aliphatic hydroxyl groups excluding tert-OH is 1. The number of hydrogen-bond acceptors (Lipinski definition) is 5. The van der Waals surface area contributed by atoms with Crippen LogP contribution in [0.1, 0.15) is 24.5 Å². The van der Waals surface area contributed by atoms with E-state index in [2.05, 4.69) is 0 Å². The average molecular weight is 426 g/mol. The largest absolute Gasteiger partial charge is 0.466 e. The lowest BCUT2D eigenvalue weighted by atomic mass is 10.0. The van der Waals surface area contributed by atoms with Gasteiger partial charge in [0, 0.05) is 13.3 Å². The van der Waals surface area contributed by atoms with Crippen LogP contribution in [-0.2, 0) is 32.2 Å². The molecule has 0 unspecified atom stereocenters. The lowest BCUT2D eigenvalue weighted by Gasteiger charge is -2.32. The number of hydrogen-bond donors (Lipinski definition) is 1. The number of rotatable bonds is 11. The van der Waals surface area contributed by atoms with Gasteiger partial charge < -0.3 is 19.3 Å². The topological polar surface area (TPSA) is 65.0 Å². The van der Waals surface area contributed by atoms with E-state index in [0.29, 0.717) is 5.56 Å². The molecule has 0 saturated heterocycles. The molecule has 2 rings (SSSR count). The highest BCUT2D eigenvalue weighted by molar-refractivity contribution is 5.65. The molecule has 30 heavy (non-hydrogen) atoms. The van der Waals surface area contributed by atoms with Crippen molar-refractivity contribution in [2.45, 2.75) is 51.0 Å². The van der Waals surface area contributed by atoms with E-state index in [4.69, 9.17) is 14.2 Å². The van der Waals surface area contributed by atoms with Crippen molar-refractivity contribution in [1.29, 1.82) is 0 Å². The van der Waals surface area contributed by atoms with Gasteiger partial charge in [0.1, 0.15) is 6.10 Å². The summed E-state index contributed by atoms with van der Waals surface area (Å²) >= 11 is 0. The molecule has 2 aromatic rings. The third-order valence-corrected chi connectivity index (χ3v) is 4.31. The normalized spacial score (nSPS) is 14.7. The fraction of sp³-hybridized carbons (Fsp3) is 0.409. The zero-order valence-corrected chi connectivity index (χ0v) is 16.5. The Balaban J connectivity index is 2.17. The molecule has 8 heteroatoms. The first-order chi connectivity index (χ1) is 14.3. The third kappa shape index (κ3) is 8.14.